The molecule has 3 aromatic rings. The van der Waals surface area contributed by atoms with Gasteiger partial charge in [-0.2, -0.15) is 0 Å². The van der Waals surface area contributed by atoms with Crippen LogP contribution in [0.15, 0.2) is 54.6 Å². The maximum Gasteiger partial charge on any atom is 0.168 e. The zero-order valence-corrected chi connectivity index (χ0v) is 11.1. The third kappa shape index (κ3) is 2.22. The van der Waals surface area contributed by atoms with E-state index in [2.05, 4.69) is 21.7 Å². The van der Waals surface area contributed by atoms with E-state index in [1.807, 2.05) is 42.5 Å². The average molecular weight is 267 g/mol. The summed E-state index contributed by atoms with van der Waals surface area (Å²) < 4.78 is 2.06. The number of thiocarbonyl (C=S) groups is 1. The second kappa shape index (κ2) is 4.82. The number of aromatic nitrogens is 2. The highest BCUT2D eigenvalue weighted by Crippen LogP contribution is 2.17. The molecule has 0 saturated carbocycles. The van der Waals surface area contributed by atoms with Gasteiger partial charge in [-0.1, -0.05) is 54.7 Å². The first-order chi connectivity index (χ1) is 9.25. The van der Waals surface area contributed by atoms with E-state index in [1.165, 1.54) is 5.56 Å². The van der Waals surface area contributed by atoms with Gasteiger partial charge in [-0.25, -0.2) is 4.98 Å². The van der Waals surface area contributed by atoms with Gasteiger partial charge in [0.2, 0.25) is 0 Å². The number of rotatable bonds is 3. The predicted molar refractivity (Wildman–Crippen MR) is 81.2 cm³/mol. The Morgan fingerprint density at radius 1 is 1.05 bits per heavy atom. The molecule has 19 heavy (non-hydrogen) atoms. The average Bonchev–Trinajstić information content (AvgIpc) is 2.79. The van der Waals surface area contributed by atoms with Crippen LogP contribution in [0.1, 0.15) is 11.4 Å². The lowest BCUT2D eigenvalue weighted by Gasteiger charge is -2.08. The minimum Gasteiger partial charge on any atom is -0.387 e. The maximum absolute atomic E-state index is 5.78. The number of para-hydroxylation sites is 2. The smallest absolute Gasteiger partial charge is 0.168 e. The maximum atomic E-state index is 5.78. The number of nitrogens with two attached hydrogens (primary N) is 1. The van der Waals surface area contributed by atoms with Crippen molar-refractivity contribution in [1.82, 2.24) is 9.55 Å². The van der Waals surface area contributed by atoms with E-state index in [-0.39, 0.29) is 0 Å². The molecule has 4 heteroatoms. The number of imidazole rings is 1. The Morgan fingerprint density at radius 3 is 2.47 bits per heavy atom. The van der Waals surface area contributed by atoms with Gasteiger partial charge in [-0.3, -0.25) is 0 Å². The summed E-state index contributed by atoms with van der Waals surface area (Å²) in [6.45, 7) is 0.716. The van der Waals surface area contributed by atoms with Crippen LogP contribution in [0, 0.1) is 0 Å². The summed E-state index contributed by atoms with van der Waals surface area (Å²) >= 11 is 5.10. The normalized spacial score (nSPS) is 10.7. The first-order valence-corrected chi connectivity index (χ1v) is 6.45. The summed E-state index contributed by atoms with van der Waals surface area (Å²) in [4.78, 5) is 4.83. The monoisotopic (exact) mass is 267 g/mol. The van der Waals surface area contributed by atoms with Gasteiger partial charge in [0.25, 0.3) is 0 Å². The Kier molecular flexibility index (Phi) is 3.01. The number of benzene rings is 2. The van der Waals surface area contributed by atoms with Crippen LogP contribution < -0.4 is 5.73 Å². The lowest BCUT2D eigenvalue weighted by atomic mass is 10.2. The van der Waals surface area contributed by atoms with Crippen molar-refractivity contribution in [1.29, 1.82) is 0 Å². The number of hydrogen-bond donors (Lipinski definition) is 1. The summed E-state index contributed by atoms with van der Waals surface area (Å²) in [6, 6.07) is 18.2. The molecule has 0 amide bonds. The SMILES string of the molecule is NC(=S)c1nc2ccccc2n1Cc1ccccc1. The molecule has 0 atom stereocenters. The summed E-state index contributed by atoms with van der Waals surface area (Å²) in [5.74, 6) is 0.667. The Balaban J connectivity index is 2.15. The predicted octanol–water partition coefficient (Wildman–Crippen LogP) is 2.72. The molecule has 0 aliphatic rings. The van der Waals surface area contributed by atoms with E-state index >= 15 is 0 Å². The van der Waals surface area contributed by atoms with E-state index in [0.717, 1.165) is 11.0 Å². The zero-order valence-electron chi connectivity index (χ0n) is 10.3. The summed E-state index contributed by atoms with van der Waals surface area (Å²) in [6.07, 6.45) is 0. The zero-order chi connectivity index (χ0) is 13.2. The fraction of sp³-hybridized carbons (Fsp3) is 0.0667. The molecule has 94 valence electrons. The second-order valence-electron chi connectivity index (χ2n) is 4.36. The van der Waals surface area contributed by atoms with Crippen LogP contribution in [-0.4, -0.2) is 14.5 Å². The minimum absolute atomic E-state index is 0.326. The molecule has 0 unspecified atom stereocenters. The van der Waals surface area contributed by atoms with Gasteiger partial charge >= 0.3 is 0 Å². The van der Waals surface area contributed by atoms with Gasteiger partial charge in [-0.15, -0.1) is 0 Å². The highest BCUT2D eigenvalue weighted by molar-refractivity contribution is 7.80. The summed E-state index contributed by atoms with van der Waals surface area (Å²) in [5, 5.41) is 0. The summed E-state index contributed by atoms with van der Waals surface area (Å²) in [7, 11) is 0. The van der Waals surface area contributed by atoms with Gasteiger partial charge in [0.05, 0.1) is 11.0 Å². The third-order valence-electron chi connectivity index (χ3n) is 3.06. The van der Waals surface area contributed by atoms with Gasteiger partial charge in [0.15, 0.2) is 5.82 Å². The lowest BCUT2D eigenvalue weighted by Crippen LogP contribution is -2.17. The van der Waals surface area contributed by atoms with Crippen LogP contribution in [0.3, 0.4) is 0 Å². The van der Waals surface area contributed by atoms with E-state index in [9.17, 15) is 0 Å². The molecule has 1 aromatic heterocycles. The Hall–Kier alpha value is -2.20. The van der Waals surface area contributed by atoms with Crippen LogP contribution in [0.25, 0.3) is 11.0 Å². The summed E-state index contributed by atoms with van der Waals surface area (Å²) in [5.41, 5.74) is 8.95. The Morgan fingerprint density at radius 2 is 1.74 bits per heavy atom. The molecule has 0 aliphatic heterocycles. The topological polar surface area (TPSA) is 43.8 Å². The van der Waals surface area contributed by atoms with Crippen molar-refractivity contribution >= 4 is 28.2 Å². The lowest BCUT2D eigenvalue weighted by molar-refractivity contribution is 0.814. The highest BCUT2D eigenvalue weighted by Gasteiger charge is 2.12. The van der Waals surface area contributed by atoms with E-state index in [1.54, 1.807) is 0 Å². The molecule has 2 N–H and O–H groups in total. The van der Waals surface area contributed by atoms with Gasteiger partial charge < -0.3 is 10.3 Å². The third-order valence-corrected chi connectivity index (χ3v) is 3.24. The molecular weight excluding hydrogens is 254 g/mol. The molecule has 2 aromatic carbocycles. The minimum atomic E-state index is 0.326. The van der Waals surface area contributed by atoms with Gasteiger partial charge in [-0.05, 0) is 17.7 Å². The van der Waals surface area contributed by atoms with Crippen molar-refractivity contribution < 1.29 is 0 Å². The quantitative estimate of drug-likeness (QED) is 0.742. The van der Waals surface area contributed by atoms with Gasteiger partial charge in [0, 0.05) is 6.54 Å². The molecule has 3 rings (SSSR count). The van der Waals surface area contributed by atoms with Crippen molar-refractivity contribution in [3.63, 3.8) is 0 Å². The van der Waals surface area contributed by atoms with E-state index in [0.29, 0.717) is 17.4 Å². The van der Waals surface area contributed by atoms with Crippen molar-refractivity contribution in [2.75, 3.05) is 0 Å². The van der Waals surface area contributed by atoms with Crippen molar-refractivity contribution in [3.8, 4) is 0 Å². The van der Waals surface area contributed by atoms with Gasteiger partial charge in [0.1, 0.15) is 4.99 Å². The Labute approximate surface area is 116 Å². The first-order valence-electron chi connectivity index (χ1n) is 6.05. The molecule has 0 spiro atoms. The number of hydrogen-bond acceptors (Lipinski definition) is 2. The molecule has 0 bridgehead atoms. The van der Waals surface area contributed by atoms with Crippen LogP contribution >= 0.6 is 12.2 Å². The fourth-order valence-corrected chi connectivity index (χ4v) is 2.35. The molecule has 0 radical (unpaired) electrons. The van der Waals surface area contributed by atoms with Crippen LogP contribution in [0.2, 0.25) is 0 Å². The number of nitrogens with zero attached hydrogens (tertiary/aromatic N) is 2. The van der Waals surface area contributed by atoms with E-state index < -0.39 is 0 Å². The standard InChI is InChI=1S/C15H13N3S/c16-14(19)15-17-12-8-4-5-9-13(12)18(15)10-11-6-2-1-3-7-11/h1-9H,10H2,(H2,16,19). The second-order valence-corrected chi connectivity index (χ2v) is 4.80. The van der Waals surface area contributed by atoms with Crippen LogP contribution in [-0.2, 0) is 6.54 Å². The Bertz CT molecular complexity index is 731. The van der Waals surface area contributed by atoms with E-state index in [4.69, 9.17) is 18.0 Å². The van der Waals surface area contributed by atoms with Crippen molar-refractivity contribution in [2.24, 2.45) is 5.73 Å². The molecule has 0 fully saturated rings. The molecule has 3 nitrogen and oxygen atoms in total. The number of fused-ring (bicyclic) bond motifs is 1. The van der Waals surface area contributed by atoms with Crippen LogP contribution in [0.4, 0.5) is 0 Å². The molecule has 1 heterocycles. The first kappa shape index (κ1) is 11.9. The highest BCUT2D eigenvalue weighted by atomic mass is 32.1. The van der Waals surface area contributed by atoms with Crippen molar-refractivity contribution in [3.05, 3.63) is 66.0 Å². The molecule has 0 aliphatic carbocycles. The van der Waals surface area contributed by atoms with Crippen molar-refractivity contribution in [2.45, 2.75) is 6.54 Å². The molecular formula is C15H13N3S. The fourth-order valence-electron chi connectivity index (χ4n) is 2.19. The van der Waals surface area contributed by atoms with Crippen LogP contribution in [0.5, 0.6) is 0 Å². The molecule has 0 saturated heterocycles. The largest absolute Gasteiger partial charge is 0.387 e.